The molecule has 0 bridgehead atoms. The van der Waals surface area contributed by atoms with Crippen LogP contribution in [0.3, 0.4) is 0 Å². The Kier molecular flexibility index (Phi) is 5.25. The lowest BCUT2D eigenvalue weighted by Crippen LogP contribution is -2.16. The molecule has 2 aromatic carbocycles. The summed E-state index contributed by atoms with van der Waals surface area (Å²) in [4.78, 5) is 0. The van der Waals surface area contributed by atoms with E-state index >= 15 is 0 Å². The van der Waals surface area contributed by atoms with Crippen LogP contribution in [-0.2, 0) is 13.0 Å². The van der Waals surface area contributed by atoms with Crippen molar-refractivity contribution in [2.45, 2.75) is 13.0 Å². The van der Waals surface area contributed by atoms with Crippen molar-refractivity contribution in [1.29, 1.82) is 0 Å². The van der Waals surface area contributed by atoms with Gasteiger partial charge in [0.2, 0.25) is 0 Å². The van der Waals surface area contributed by atoms with Crippen LogP contribution >= 0.6 is 11.6 Å². The first kappa shape index (κ1) is 13.9. The molecular weight excluding hydrogens is 258 g/mol. The first-order valence-corrected chi connectivity index (χ1v) is 6.74. The highest BCUT2D eigenvalue weighted by atomic mass is 35.5. The molecule has 0 saturated heterocycles. The Morgan fingerprint density at radius 1 is 1.05 bits per heavy atom. The van der Waals surface area contributed by atoms with E-state index in [0.29, 0.717) is 0 Å². The summed E-state index contributed by atoms with van der Waals surface area (Å²) >= 11 is 5.85. The SMILES string of the molecule is COc1cccc(CNCCc2ccc(Cl)cc2)c1. The smallest absolute Gasteiger partial charge is 0.119 e. The lowest BCUT2D eigenvalue weighted by Gasteiger charge is -2.07. The van der Waals surface area contributed by atoms with Crippen LogP contribution in [0.15, 0.2) is 48.5 Å². The minimum absolute atomic E-state index is 0.785. The number of benzene rings is 2. The fraction of sp³-hybridized carbons (Fsp3) is 0.250. The molecule has 0 heterocycles. The summed E-state index contributed by atoms with van der Waals surface area (Å²) < 4.78 is 5.20. The number of ether oxygens (including phenoxy) is 1. The van der Waals surface area contributed by atoms with Crippen molar-refractivity contribution in [1.82, 2.24) is 5.32 Å². The Morgan fingerprint density at radius 3 is 2.58 bits per heavy atom. The lowest BCUT2D eigenvalue weighted by atomic mass is 10.1. The summed E-state index contributed by atoms with van der Waals surface area (Å²) in [5.41, 5.74) is 2.53. The van der Waals surface area contributed by atoms with Gasteiger partial charge in [0.05, 0.1) is 7.11 Å². The Morgan fingerprint density at radius 2 is 1.84 bits per heavy atom. The minimum Gasteiger partial charge on any atom is -0.497 e. The zero-order chi connectivity index (χ0) is 13.5. The van der Waals surface area contributed by atoms with Crippen molar-refractivity contribution in [3.8, 4) is 5.75 Å². The van der Waals surface area contributed by atoms with E-state index in [1.54, 1.807) is 7.11 Å². The fourth-order valence-corrected chi connectivity index (χ4v) is 2.02. The summed E-state index contributed by atoms with van der Waals surface area (Å²) in [6.07, 6.45) is 1.00. The number of halogens is 1. The minimum atomic E-state index is 0.785. The molecule has 0 fully saturated rings. The molecule has 0 aromatic heterocycles. The molecule has 1 N–H and O–H groups in total. The van der Waals surface area contributed by atoms with Crippen LogP contribution in [0, 0.1) is 0 Å². The second kappa shape index (κ2) is 7.17. The second-order valence-corrected chi connectivity index (χ2v) is 4.84. The third-order valence-corrected chi connectivity index (χ3v) is 3.22. The Labute approximate surface area is 119 Å². The van der Waals surface area contributed by atoms with Crippen molar-refractivity contribution in [2.75, 3.05) is 13.7 Å². The number of nitrogens with one attached hydrogen (secondary N) is 1. The highest BCUT2D eigenvalue weighted by molar-refractivity contribution is 6.30. The average molecular weight is 276 g/mol. The van der Waals surface area contributed by atoms with Crippen molar-refractivity contribution in [3.63, 3.8) is 0 Å². The van der Waals surface area contributed by atoms with E-state index in [0.717, 1.165) is 30.3 Å². The molecule has 0 radical (unpaired) electrons. The van der Waals surface area contributed by atoms with Crippen LogP contribution in [0.25, 0.3) is 0 Å². The number of hydrogen-bond acceptors (Lipinski definition) is 2. The van der Waals surface area contributed by atoms with Crippen LogP contribution in [0.2, 0.25) is 5.02 Å². The quantitative estimate of drug-likeness (QED) is 0.812. The molecule has 2 aromatic rings. The van der Waals surface area contributed by atoms with E-state index < -0.39 is 0 Å². The van der Waals surface area contributed by atoms with Gasteiger partial charge >= 0.3 is 0 Å². The van der Waals surface area contributed by atoms with Gasteiger partial charge < -0.3 is 10.1 Å². The number of methoxy groups -OCH3 is 1. The highest BCUT2D eigenvalue weighted by Gasteiger charge is 1.97. The summed E-state index contributed by atoms with van der Waals surface area (Å²) in [6.45, 7) is 1.80. The standard InChI is InChI=1S/C16H18ClNO/c1-19-16-4-2-3-14(11-16)12-18-10-9-13-5-7-15(17)8-6-13/h2-8,11,18H,9-10,12H2,1H3. The third-order valence-electron chi connectivity index (χ3n) is 2.97. The normalized spacial score (nSPS) is 10.4. The second-order valence-electron chi connectivity index (χ2n) is 4.40. The van der Waals surface area contributed by atoms with Gasteiger partial charge in [-0.1, -0.05) is 35.9 Å². The van der Waals surface area contributed by atoms with Gasteiger partial charge in [-0.2, -0.15) is 0 Å². The molecule has 0 atom stereocenters. The topological polar surface area (TPSA) is 21.3 Å². The molecule has 19 heavy (non-hydrogen) atoms. The molecule has 0 aliphatic carbocycles. The first-order chi connectivity index (χ1) is 9.28. The van der Waals surface area contributed by atoms with Crippen LogP contribution in [0.1, 0.15) is 11.1 Å². The summed E-state index contributed by atoms with van der Waals surface area (Å²) in [5, 5.41) is 4.21. The molecule has 2 nitrogen and oxygen atoms in total. The molecule has 100 valence electrons. The zero-order valence-electron chi connectivity index (χ0n) is 11.0. The molecule has 3 heteroatoms. The largest absolute Gasteiger partial charge is 0.497 e. The van der Waals surface area contributed by atoms with Crippen molar-refractivity contribution >= 4 is 11.6 Å². The van der Waals surface area contributed by atoms with E-state index in [1.165, 1.54) is 11.1 Å². The van der Waals surface area contributed by atoms with E-state index in [1.807, 2.05) is 24.3 Å². The van der Waals surface area contributed by atoms with Gasteiger partial charge in [-0.05, 0) is 48.4 Å². The maximum Gasteiger partial charge on any atom is 0.119 e. The van der Waals surface area contributed by atoms with E-state index in [2.05, 4.69) is 29.6 Å². The van der Waals surface area contributed by atoms with Gasteiger partial charge in [0.1, 0.15) is 5.75 Å². The monoisotopic (exact) mass is 275 g/mol. The Balaban J connectivity index is 1.75. The molecule has 0 unspecified atom stereocenters. The van der Waals surface area contributed by atoms with Gasteiger partial charge in [0.25, 0.3) is 0 Å². The van der Waals surface area contributed by atoms with Gasteiger partial charge in [-0.25, -0.2) is 0 Å². The predicted octanol–water partition coefficient (Wildman–Crippen LogP) is 3.68. The molecule has 0 spiro atoms. The molecule has 2 rings (SSSR count). The van der Waals surface area contributed by atoms with Crippen LogP contribution in [0.4, 0.5) is 0 Å². The van der Waals surface area contributed by atoms with Crippen LogP contribution in [-0.4, -0.2) is 13.7 Å². The molecule has 0 aliphatic rings. The highest BCUT2D eigenvalue weighted by Crippen LogP contribution is 2.12. The van der Waals surface area contributed by atoms with Crippen molar-refractivity contribution < 1.29 is 4.74 Å². The van der Waals surface area contributed by atoms with E-state index in [-0.39, 0.29) is 0 Å². The maximum atomic E-state index is 5.85. The van der Waals surface area contributed by atoms with E-state index in [9.17, 15) is 0 Å². The average Bonchev–Trinajstić information content (AvgIpc) is 2.46. The zero-order valence-corrected chi connectivity index (χ0v) is 11.8. The summed E-state index contributed by atoms with van der Waals surface area (Å²) in [6, 6.07) is 16.1. The summed E-state index contributed by atoms with van der Waals surface area (Å²) in [7, 11) is 1.69. The van der Waals surface area contributed by atoms with Crippen LogP contribution < -0.4 is 10.1 Å². The van der Waals surface area contributed by atoms with Gasteiger partial charge in [-0.3, -0.25) is 0 Å². The maximum absolute atomic E-state index is 5.85. The van der Waals surface area contributed by atoms with Crippen LogP contribution in [0.5, 0.6) is 5.75 Å². The van der Waals surface area contributed by atoms with Gasteiger partial charge in [0.15, 0.2) is 0 Å². The Bertz CT molecular complexity index is 510. The molecule has 0 saturated carbocycles. The molecule has 0 amide bonds. The van der Waals surface area contributed by atoms with Crippen molar-refractivity contribution in [3.05, 3.63) is 64.7 Å². The lowest BCUT2D eigenvalue weighted by molar-refractivity contribution is 0.414. The van der Waals surface area contributed by atoms with E-state index in [4.69, 9.17) is 16.3 Å². The fourth-order valence-electron chi connectivity index (χ4n) is 1.90. The first-order valence-electron chi connectivity index (χ1n) is 6.36. The number of hydrogen-bond donors (Lipinski definition) is 1. The third kappa shape index (κ3) is 4.58. The molecular formula is C16H18ClNO. The Hall–Kier alpha value is -1.51. The van der Waals surface area contributed by atoms with Crippen molar-refractivity contribution in [2.24, 2.45) is 0 Å². The predicted molar refractivity (Wildman–Crippen MR) is 79.9 cm³/mol. The van der Waals surface area contributed by atoms with Gasteiger partial charge in [-0.15, -0.1) is 0 Å². The number of rotatable bonds is 6. The molecule has 0 aliphatic heterocycles. The summed E-state index contributed by atoms with van der Waals surface area (Å²) in [5.74, 6) is 0.900. The van der Waals surface area contributed by atoms with Gasteiger partial charge in [0, 0.05) is 11.6 Å².